The van der Waals surface area contributed by atoms with E-state index in [-0.39, 0.29) is 11.9 Å². The van der Waals surface area contributed by atoms with Gasteiger partial charge in [-0.3, -0.25) is 9.69 Å². The average molecular weight is 285 g/mol. The van der Waals surface area contributed by atoms with Crippen LogP contribution in [0, 0.1) is 0 Å². The lowest BCUT2D eigenvalue weighted by molar-refractivity contribution is -0.140. The van der Waals surface area contributed by atoms with E-state index >= 15 is 0 Å². The molecule has 2 aliphatic heterocycles. The first-order valence-electron chi connectivity index (χ1n) is 6.95. The van der Waals surface area contributed by atoms with Gasteiger partial charge in [0, 0.05) is 32.3 Å². The summed E-state index contributed by atoms with van der Waals surface area (Å²) in [6.45, 7) is 5.12. The molecule has 0 radical (unpaired) electrons. The van der Waals surface area contributed by atoms with Crippen LogP contribution in [0.4, 0.5) is 0 Å². The third-order valence-electron chi connectivity index (χ3n) is 4.00. The van der Waals surface area contributed by atoms with Crippen molar-refractivity contribution in [3.05, 3.63) is 0 Å². The van der Waals surface area contributed by atoms with Crippen LogP contribution in [0.1, 0.15) is 32.6 Å². The zero-order valence-corrected chi connectivity index (χ0v) is 12.3. The van der Waals surface area contributed by atoms with Crippen molar-refractivity contribution in [2.24, 2.45) is 5.73 Å². The molecule has 0 spiro atoms. The minimum absolute atomic E-state index is 0.0396. The first kappa shape index (κ1) is 14.7. The lowest BCUT2D eigenvalue weighted by Crippen LogP contribution is -2.52. The summed E-state index contributed by atoms with van der Waals surface area (Å²) in [4.78, 5) is 15.0. The molecule has 5 nitrogen and oxygen atoms in total. The fourth-order valence-electron chi connectivity index (χ4n) is 2.75. The average Bonchev–Trinajstić information content (AvgIpc) is 2.79. The van der Waals surface area contributed by atoms with E-state index in [1.807, 2.05) is 6.92 Å². The second-order valence-corrected chi connectivity index (χ2v) is 6.20. The highest BCUT2D eigenvalue weighted by Gasteiger charge is 2.38. The van der Waals surface area contributed by atoms with Crippen LogP contribution in [0.2, 0.25) is 0 Å². The smallest absolute Gasteiger partial charge is 0.252 e. The van der Waals surface area contributed by atoms with Gasteiger partial charge < -0.3 is 15.8 Å². The number of carbonyl (C=O) groups excluding carboxylic acids is 1. The molecule has 2 rings (SSSR count). The molecule has 0 saturated carbocycles. The molecular formula is C13H23N3O2S. The Labute approximate surface area is 119 Å². The highest BCUT2D eigenvalue weighted by molar-refractivity contribution is 7.80. The van der Waals surface area contributed by atoms with Crippen LogP contribution in [0.3, 0.4) is 0 Å². The number of amides is 1. The van der Waals surface area contributed by atoms with E-state index < -0.39 is 5.60 Å². The predicted octanol–water partition coefficient (Wildman–Crippen LogP) is 0.422. The quantitative estimate of drug-likeness (QED) is 0.733. The second kappa shape index (κ2) is 6.15. The molecule has 108 valence electrons. The first-order chi connectivity index (χ1) is 8.99. The number of carbonyl (C=O) groups is 1. The summed E-state index contributed by atoms with van der Waals surface area (Å²) in [5.74, 6) is 0.0396. The highest BCUT2D eigenvalue weighted by atomic mass is 32.1. The van der Waals surface area contributed by atoms with Crippen LogP contribution in [0.5, 0.6) is 0 Å². The third-order valence-corrected chi connectivity index (χ3v) is 4.13. The lowest BCUT2D eigenvalue weighted by Gasteiger charge is -2.33. The fourth-order valence-corrected chi connectivity index (χ4v) is 2.93. The molecule has 1 amide bonds. The normalized spacial score (nSPS) is 29.3. The van der Waals surface area contributed by atoms with Gasteiger partial charge in [0.25, 0.3) is 5.91 Å². The predicted molar refractivity (Wildman–Crippen MR) is 78.0 cm³/mol. The van der Waals surface area contributed by atoms with Crippen LogP contribution < -0.4 is 11.1 Å². The van der Waals surface area contributed by atoms with Crippen LogP contribution in [0.15, 0.2) is 0 Å². The number of ether oxygens (including phenoxy) is 1. The van der Waals surface area contributed by atoms with Gasteiger partial charge in [-0.15, -0.1) is 0 Å². The largest absolute Gasteiger partial charge is 0.392 e. The van der Waals surface area contributed by atoms with E-state index in [2.05, 4.69) is 10.2 Å². The number of rotatable bonds is 4. The Morgan fingerprint density at radius 1 is 1.53 bits per heavy atom. The topological polar surface area (TPSA) is 67.6 Å². The molecule has 1 atom stereocenters. The first-order valence-corrected chi connectivity index (χ1v) is 7.36. The Kier molecular flexibility index (Phi) is 4.76. The summed E-state index contributed by atoms with van der Waals surface area (Å²) in [5.41, 5.74) is 4.93. The molecule has 1 unspecified atom stereocenters. The minimum Gasteiger partial charge on any atom is -0.392 e. The number of thiocarbonyl (C=S) groups is 1. The van der Waals surface area contributed by atoms with Crippen LogP contribution in [0.25, 0.3) is 0 Å². The number of nitrogens with zero attached hydrogens (tertiary/aromatic N) is 1. The van der Waals surface area contributed by atoms with Crippen molar-refractivity contribution in [3.63, 3.8) is 0 Å². The second-order valence-electron chi connectivity index (χ2n) is 5.67. The fraction of sp³-hybridized carbons (Fsp3) is 0.846. The van der Waals surface area contributed by atoms with Crippen molar-refractivity contribution >= 4 is 23.1 Å². The van der Waals surface area contributed by atoms with Crippen LogP contribution in [-0.4, -0.2) is 53.7 Å². The molecular weight excluding hydrogens is 262 g/mol. The summed E-state index contributed by atoms with van der Waals surface area (Å²) in [5, 5.41) is 3.12. The molecule has 2 aliphatic rings. The van der Waals surface area contributed by atoms with E-state index in [1.54, 1.807) is 0 Å². The lowest BCUT2D eigenvalue weighted by atomic mass is 9.99. The molecule has 0 aromatic heterocycles. The third kappa shape index (κ3) is 3.87. The maximum atomic E-state index is 12.2. The number of piperidine rings is 1. The van der Waals surface area contributed by atoms with Gasteiger partial charge in [0.1, 0.15) is 5.60 Å². The Bertz CT molecular complexity index is 348. The Morgan fingerprint density at radius 2 is 2.21 bits per heavy atom. The molecule has 2 saturated heterocycles. The van der Waals surface area contributed by atoms with Gasteiger partial charge in [-0.25, -0.2) is 0 Å². The summed E-state index contributed by atoms with van der Waals surface area (Å²) in [6.07, 6.45) is 3.68. The summed E-state index contributed by atoms with van der Waals surface area (Å²) in [7, 11) is 0. The van der Waals surface area contributed by atoms with Crippen molar-refractivity contribution < 1.29 is 9.53 Å². The standard InChI is InChI=1S/C13H23N3O2S/c1-13(5-2-8-18-13)12(17)15-10-3-6-16(7-4-10)9-11(14)19/h10H,2-9H2,1H3,(H2,14,19)(H,15,17). The molecule has 6 heteroatoms. The number of hydrogen-bond donors (Lipinski definition) is 2. The van der Waals surface area contributed by atoms with E-state index in [0.717, 1.165) is 38.8 Å². The highest BCUT2D eigenvalue weighted by Crippen LogP contribution is 2.25. The maximum Gasteiger partial charge on any atom is 0.252 e. The molecule has 0 bridgehead atoms. The van der Waals surface area contributed by atoms with E-state index in [4.69, 9.17) is 22.7 Å². The van der Waals surface area contributed by atoms with Gasteiger partial charge >= 0.3 is 0 Å². The maximum absolute atomic E-state index is 12.2. The minimum atomic E-state index is -0.615. The monoisotopic (exact) mass is 285 g/mol. The Balaban J connectivity index is 1.76. The van der Waals surface area contributed by atoms with Gasteiger partial charge in [-0.05, 0) is 32.6 Å². The molecule has 2 fully saturated rings. The molecule has 3 N–H and O–H groups in total. The van der Waals surface area contributed by atoms with Crippen LogP contribution >= 0.6 is 12.2 Å². The summed E-state index contributed by atoms with van der Waals surface area (Å²) >= 11 is 4.91. The number of hydrogen-bond acceptors (Lipinski definition) is 4. The SMILES string of the molecule is CC1(C(=O)NC2CCN(CC(N)=S)CC2)CCCO1. The van der Waals surface area contributed by atoms with Crippen molar-refractivity contribution in [1.29, 1.82) is 0 Å². The molecule has 19 heavy (non-hydrogen) atoms. The van der Waals surface area contributed by atoms with Crippen molar-refractivity contribution in [2.75, 3.05) is 26.2 Å². The van der Waals surface area contributed by atoms with Gasteiger partial charge in [0.15, 0.2) is 0 Å². The van der Waals surface area contributed by atoms with Crippen molar-refractivity contribution in [2.45, 2.75) is 44.2 Å². The zero-order valence-electron chi connectivity index (χ0n) is 11.5. The van der Waals surface area contributed by atoms with Crippen molar-refractivity contribution in [3.8, 4) is 0 Å². The Morgan fingerprint density at radius 3 is 2.74 bits per heavy atom. The summed E-state index contributed by atoms with van der Waals surface area (Å²) < 4.78 is 5.56. The molecule has 2 heterocycles. The van der Waals surface area contributed by atoms with Gasteiger partial charge in [0.2, 0.25) is 0 Å². The van der Waals surface area contributed by atoms with Crippen molar-refractivity contribution in [1.82, 2.24) is 10.2 Å². The van der Waals surface area contributed by atoms with Gasteiger partial charge in [0.05, 0.1) is 4.99 Å². The Hall–Kier alpha value is -0.720. The van der Waals surface area contributed by atoms with Gasteiger partial charge in [-0.1, -0.05) is 12.2 Å². The zero-order chi connectivity index (χ0) is 13.9. The molecule has 0 aromatic carbocycles. The van der Waals surface area contributed by atoms with E-state index in [1.165, 1.54) is 0 Å². The molecule has 0 aromatic rings. The van der Waals surface area contributed by atoms with E-state index in [0.29, 0.717) is 18.1 Å². The molecule has 0 aliphatic carbocycles. The van der Waals surface area contributed by atoms with Gasteiger partial charge in [-0.2, -0.15) is 0 Å². The summed E-state index contributed by atoms with van der Waals surface area (Å²) in [6, 6.07) is 0.246. The number of likely N-dealkylation sites (tertiary alicyclic amines) is 1. The van der Waals surface area contributed by atoms with Crippen LogP contribution in [-0.2, 0) is 9.53 Å². The number of nitrogens with two attached hydrogens (primary N) is 1. The number of nitrogens with one attached hydrogen (secondary N) is 1. The van der Waals surface area contributed by atoms with E-state index in [9.17, 15) is 4.79 Å².